The van der Waals surface area contributed by atoms with Crippen molar-refractivity contribution in [2.45, 2.75) is 20.3 Å². The number of aliphatic imine (C=N–C) groups is 1. The van der Waals surface area contributed by atoms with Gasteiger partial charge in [-0.15, -0.1) is 0 Å². The summed E-state index contributed by atoms with van der Waals surface area (Å²) in [6, 6.07) is 15.7. The van der Waals surface area contributed by atoms with Crippen LogP contribution in [0.25, 0.3) is 0 Å². The molecule has 3 rings (SSSR count). The first-order valence-electron chi connectivity index (χ1n) is 8.71. The molecule has 0 N–H and O–H groups in total. The Morgan fingerprint density at radius 3 is 2.56 bits per heavy atom. The number of amidine groups is 1. The molecule has 0 aromatic heterocycles. The Morgan fingerprint density at radius 2 is 1.92 bits per heavy atom. The van der Waals surface area contributed by atoms with Gasteiger partial charge in [-0.25, -0.2) is 4.99 Å². The summed E-state index contributed by atoms with van der Waals surface area (Å²) in [4.78, 5) is 8.84. The maximum Gasteiger partial charge on any atom is 0.292 e. The van der Waals surface area contributed by atoms with Gasteiger partial charge in [-0.05, 0) is 55.3 Å². The molecule has 2 aromatic carbocycles. The first-order valence-corrected chi connectivity index (χ1v) is 9.50. The summed E-state index contributed by atoms with van der Waals surface area (Å²) < 4.78 is 6.76. The van der Waals surface area contributed by atoms with E-state index in [9.17, 15) is 0 Å². The van der Waals surface area contributed by atoms with E-state index >= 15 is 0 Å². The molecule has 0 bridgehead atoms. The molecule has 1 aliphatic rings. The number of ether oxygens (including phenoxy) is 1. The Kier molecular flexibility index (Phi) is 5.63. The Balaban J connectivity index is 1.93. The number of aryl methyl sites for hydroxylation is 1. The average Bonchev–Trinajstić information content (AvgIpc) is 3.16. The maximum absolute atomic E-state index is 5.68. The molecule has 2 aromatic rings. The number of rotatable bonds is 5. The van der Waals surface area contributed by atoms with E-state index in [1.165, 1.54) is 16.9 Å². The van der Waals surface area contributed by atoms with Gasteiger partial charge in [0.05, 0.1) is 6.54 Å². The number of hydrogen-bond acceptors (Lipinski definition) is 4. The van der Waals surface area contributed by atoms with E-state index in [1.54, 1.807) is 0 Å². The zero-order valence-electron chi connectivity index (χ0n) is 15.0. The van der Waals surface area contributed by atoms with Gasteiger partial charge in [-0.2, -0.15) is 0 Å². The second-order valence-electron chi connectivity index (χ2n) is 5.96. The lowest BCUT2D eigenvalue weighted by molar-refractivity contribution is 0.339. The van der Waals surface area contributed by atoms with Gasteiger partial charge in [0.1, 0.15) is 6.61 Å². The first kappa shape index (κ1) is 17.8. The van der Waals surface area contributed by atoms with E-state index < -0.39 is 0 Å². The van der Waals surface area contributed by atoms with E-state index in [0.717, 1.165) is 35.7 Å². The standard InChI is InChI=1S/C20H24BrN3O/c1-4-15-13-18(23(3)17-8-6-7-16(21)14-17)9-10-19(15)24(5-2)20-22-11-12-25-20/h6-10,13-14H,4-5,11-12H2,1-3H3. The predicted molar refractivity (Wildman–Crippen MR) is 109 cm³/mol. The van der Waals surface area contributed by atoms with Gasteiger partial charge < -0.3 is 9.64 Å². The molecule has 0 fully saturated rings. The molecule has 0 aliphatic carbocycles. The van der Waals surface area contributed by atoms with Crippen molar-refractivity contribution in [3.8, 4) is 0 Å². The van der Waals surface area contributed by atoms with Gasteiger partial charge in [0.2, 0.25) is 0 Å². The van der Waals surface area contributed by atoms with Crippen molar-refractivity contribution in [3.63, 3.8) is 0 Å². The molecule has 0 saturated heterocycles. The minimum absolute atomic E-state index is 0.678. The SMILES string of the molecule is CCc1cc(N(C)c2cccc(Br)c2)ccc1N(CC)C1=NCCO1. The summed E-state index contributed by atoms with van der Waals surface area (Å²) in [5, 5.41) is 0. The molecule has 0 saturated carbocycles. The lowest BCUT2D eigenvalue weighted by atomic mass is 10.1. The van der Waals surface area contributed by atoms with Crippen LogP contribution in [-0.4, -0.2) is 32.8 Å². The van der Waals surface area contributed by atoms with Gasteiger partial charge in [0.15, 0.2) is 0 Å². The summed E-state index contributed by atoms with van der Waals surface area (Å²) in [5.41, 5.74) is 4.79. The number of halogens is 1. The Labute approximate surface area is 158 Å². The predicted octanol–water partition coefficient (Wildman–Crippen LogP) is 4.99. The van der Waals surface area contributed by atoms with Crippen molar-refractivity contribution in [2.24, 2.45) is 4.99 Å². The van der Waals surface area contributed by atoms with E-state index in [4.69, 9.17) is 4.74 Å². The molecular weight excluding hydrogens is 378 g/mol. The smallest absolute Gasteiger partial charge is 0.292 e. The van der Waals surface area contributed by atoms with Crippen LogP contribution in [0.1, 0.15) is 19.4 Å². The second-order valence-corrected chi connectivity index (χ2v) is 6.88. The zero-order chi connectivity index (χ0) is 17.8. The van der Waals surface area contributed by atoms with E-state index in [1.807, 2.05) is 6.07 Å². The largest absolute Gasteiger partial charge is 0.463 e. The normalized spacial score (nSPS) is 13.4. The van der Waals surface area contributed by atoms with E-state index in [0.29, 0.717) is 6.61 Å². The van der Waals surface area contributed by atoms with Crippen molar-refractivity contribution >= 4 is 39.0 Å². The van der Waals surface area contributed by atoms with Gasteiger partial charge in [0.25, 0.3) is 6.02 Å². The fourth-order valence-corrected chi connectivity index (χ4v) is 3.44. The molecule has 0 spiro atoms. The molecule has 0 radical (unpaired) electrons. The number of nitrogens with zero attached hydrogens (tertiary/aromatic N) is 3. The van der Waals surface area contributed by atoms with Crippen LogP contribution < -0.4 is 9.80 Å². The van der Waals surface area contributed by atoms with Crippen LogP contribution in [0, 0.1) is 0 Å². The quantitative estimate of drug-likeness (QED) is 0.705. The highest BCUT2D eigenvalue weighted by atomic mass is 79.9. The van der Waals surface area contributed by atoms with Crippen molar-refractivity contribution in [3.05, 3.63) is 52.5 Å². The average molecular weight is 402 g/mol. The van der Waals surface area contributed by atoms with Crippen LogP contribution in [0.15, 0.2) is 51.9 Å². The Hall–Kier alpha value is -2.01. The van der Waals surface area contributed by atoms with Gasteiger partial charge in [0, 0.05) is 35.1 Å². The minimum Gasteiger partial charge on any atom is -0.463 e. The Bertz CT molecular complexity index is 775. The van der Waals surface area contributed by atoms with Gasteiger partial charge >= 0.3 is 0 Å². The van der Waals surface area contributed by atoms with Gasteiger partial charge in [-0.1, -0.05) is 28.9 Å². The van der Waals surface area contributed by atoms with Crippen LogP contribution in [0.5, 0.6) is 0 Å². The summed E-state index contributed by atoms with van der Waals surface area (Å²) in [6.07, 6.45) is 0.958. The molecule has 0 amide bonds. The number of anilines is 3. The summed E-state index contributed by atoms with van der Waals surface area (Å²) in [6.45, 7) is 6.58. The maximum atomic E-state index is 5.68. The van der Waals surface area contributed by atoms with Crippen molar-refractivity contribution in [1.82, 2.24) is 0 Å². The van der Waals surface area contributed by atoms with Crippen molar-refractivity contribution in [1.29, 1.82) is 0 Å². The van der Waals surface area contributed by atoms with Crippen molar-refractivity contribution < 1.29 is 4.74 Å². The number of benzene rings is 2. The lowest BCUT2D eigenvalue weighted by Crippen LogP contribution is -2.31. The topological polar surface area (TPSA) is 28.1 Å². The second kappa shape index (κ2) is 7.91. The first-order chi connectivity index (χ1) is 12.1. The third kappa shape index (κ3) is 3.82. The molecule has 132 valence electrons. The van der Waals surface area contributed by atoms with E-state index in [-0.39, 0.29) is 0 Å². The highest BCUT2D eigenvalue weighted by Crippen LogP contribution is 2.31. The molecule has 0 unspecified atom stereocenters. The highest BCUT2D eigenvalue weighted by molar-refractivity contribution is 9.10. The van der Waals surface area contributed by atoms with Gasteiger partial charge in [-0.3, -0.25) is 4.90 Å². The summed E-state index contributed by atoms with van der Waals surface area (Å²) in [5.74, 6) is 0. The third-order valence-corrected chi connectivity index (χ3v) is 4.93. The minimum atomic E-state index is 0.678. The van der Waals surface area contributed by atoms with Crippen LogP contribution in [0.3, 0.4) is 0 Å². The summed E-state index contributed by atoms with van der Waals surface area (Å²) >= 11 is 3.55. The van der Waals surface area contributed by atoms with E-state index in [2.05, 4.69) is 88.0 Å². The van der Waals surface area contributed by atoms with Crippen molar-refractivity contribution in [2.75, 3.05) is 36.5 Å². The monoisotopic (exact) mass is 401 g/mol. The van der Waals surface area contributed by atoms with Crippen LogP contribution in [0.2, 0.25) is 0 Å². The molecule has 1 aliphatic heterocycles. The molecule has 5 heteroatoms. The van der Waals surface area contributed by atoms with Crippen LogP contribution in [-0.2, 0) is 11.2 Å². The molecule has 1 heterocycles. The molecular formula is C20H24BrN3O. The molecule has 0 atom stereocenters. The third-order valence-electron chi connectivity index (χ3n) is 4.43. The van der Waals surface area contributed by atoms with Crippen LogP contribution >= 0.6 is 15.9 Å². The highest BCUT2D eigenvalue weighted by Gasteiger charge is 2.20. The zero-order valence-corrected chi connectivity index (χ0v) is 16.6. The number of hydrogen-bond donors (Lipinski definition) is 0. The molecule has 4 nitrogen and oxygen atoms in total. The fraction of sp³-hybridized carbons (Fsp3) is 0.350. The fourth-order valence-electron chi connectivity index (χ4n) is 3.06. The van der Waals surface area contributed by atoms with Crippen LogP contribution in [0.4, 0.5) is 17.1 Å². The lowest BCUT2D eigenvalue weighted by Gasteiger charge is -2.26. The Morgan fingerprint density at radius 1 is 1.12 bits per heavy atom. The summed E-state index contributed by atoms with van der Waals surface area (Å²) in [7, 11) is 2.10. The molecule has 25 heavy (non-hydrogen) atoms.